The molecule has 0 aromatic heterocycles. The summed E-state index contributed by atoms with van der Waals surface area (Å²) in [4.78, 5) is 48.0. The highest BCUT2D eigenvalue weighted by Gasteiger charge is 2.30. The number of sulfonamides is 2. The van der Waals surface area contributed by atoms with Crippen molar-refractivity contribution in [3.63, 3.8) is 0 Å². The topological polar surface area (TPSA) is 316 Å². The molecule has 0 spiro atoms. The van der Waals surface area contributed by atoms with Crippen molar-refractivity contribution in [2.75, 3.05) is 92.1 Å². The van der Waals surface area contributed by atoms with Gasteiger partial charge in [0.25, 0.3) is 0 Å². The summed E-state index contributed by atoms with van der Waals surface area (Å²) >= 11 is 12.4. The lowest BCUT2D eigenvalue weighted by atomic mass is 10.0. The predicted octanol–water partition coefficient (Wildman–Crippen LogP) is 4.03. The molecule has 0 saturated heterocycles. The quantitative estimate of drug-likeness (QED) is 0.0313. The molecule has 0 bridgehead atoms. The molecule has 76 heavy (non-hydrogen) atoms. The summed E-state index contributed by atoms with van der Waals surface area (Å²) in [5.41, 5.74) is 15.0. The summed E-state index contributed by atoms with van der Waals surface area (Å²) in [6.45, 7) is 3.10. The van der Waals surface area contributed by atoms with Gasteiger partial charge in [0.2, 0.25) is 31.9 Å². The van der Waals surface area contributed by atoms with Gasteiger partial charge in [-0.25, -0.2) is 35.9 Å². The maximum absolute atomic E-state index is 12.8. The molecule has 0 fully saturated rings. The molecule has 0 heterocycles. The summed E-state index contributed by atoms with van der Waals surface area (Å²) in [7, 11) is -7.60. The van der Waals surface area contributed by atoms with E-state index in [2.05, 4.69) is 30.7 Å². The van der Waals surface area contributed by atoms with Crippen molar-refractivity contribution >= 4 is 67.1 Å². The van der Waals surface area contributed by atoms with Crippen molar-refractivity contribution in [2.24, 2.45) is 11.5 Å². The molecule has 6 rings (SSSR count). The lowest BCUT2D eigenvalue weighted by molar-refractivity contribution is 0.0516. The third-order valence-corrected chi connectivity index (χ3v) is 15.3. The van der Waals surface area contributed by atoms with Crippen LogP contribution in [0.5, 0.6) is 11.5 Å². The predicted molar refractivity (Wildman–Crippen MR) is 282 cm³/mol. The summed E-state index contributed by atoms with van der Waals surface area (Å²) in [6.07, 6.45) is 3.01. The van der Waals surface area contributed by atoms with E-state index in [1.165, 1.54) is 24.3 Å². The third kappa shape index (κ3) is 18.5. The van der Waals surface area contributed by atoms with Crippen molar-refractivity contribution in [3.8, 4) is 11.5 Å². The van der Waals surface area contributed by atoms with Crippen LogP contribution in [0.3, 0.4) is 0 Å². The number of carbonyl (C=O) groups excluding carboxylic acids is 4. The first-order valence-corrected chi connectivity index (χ1v) is 28.3. The Kier molecular flexibility index (Phi) is 23.2. The maximum Gasteiger partial charge on any atom is 0.314 e. The van der Waals surface area contributed by atoms with Gasteiger partial charge in [0.15, 0.2) is 0 Å². The summed E-state index contributed by atoms with van der Waals surface area (Å²) < 4.78 is 90.2. The molecule has 2 atom stereocenters. The maximum atomic E-state index is 12.8. The van der Waals surface area contributed by atoms with E-state index in [4.69, 9.17) is 63.1 Å². The number of fused-ring (bicyclic) bond motifs is 2. The minimum atomic E-state index is -3.80. The fourth-order valence-corrected chi connectivity index (χ4v) is 10.8. The van der Waals surface area contributed by atoms with Gasteiger partial charge in [0.1, 0.15) is 23.7 Å². The van der Waals surface area contributed by atoms with Crippen LogP contribution in [0, 0.1) is 0 Å². The van der Waals surface area contributed by atoms with Gasteiger partial charge in [0, 0.05) is 60.4 Å². The molecule has 4 aromatic carbocycles. The van der Waals surface area contributed by atoms with Gasteiger partial charge in [-0.1, -0.05) is 23.2 Å². The third-order valence-electron chi connectivity index (χ3n) is 11.9. The van der Waals surface area contributed by atoms with Gasteiger partial charge in [-0.05, 0) is 134 Å². The standard InChI is InChI=1S/C50H64Cl2N8O14S2/c51-33-29-41-39(43(31-33)47(53)61)11-13-45(41)73-35-3-7-37(8-4-35)75(65,66)59-19-23-71-27-25-69-21-17-57-49(63)55-15-1-2-16-56-50(64)58-18-22-70-26-28-72-24-20-60-76(67,68)38-9-5-36(6-10-38)74-46-14-12-40-42(46)30-34(52)32-44(40)48(54)62/h3-10,29-32,45-46,59-60H,1-2,11-28H2,(H2,53,61)(H2,54,62)(H2,55,57,63)(H2,56,58,64)/t45-,46-/m1/s1. The van der Waals surface area contributed by atoms with Crippen LogP contribution < -0.4 is 51.7 Å². The van der Waals surface area contributed by atoms with E-state index in [0.29, 0.717) is 84.3 Å². The molecule has 10 N–H and O–H groups in total. The number of hydrogen-bond donors (Lipinski definition) is 8. The number of carbonyl (C=O) groups is 4. The first-order chi connectivity index (χ1) is 36.5. The number of amides is 6. The molecular weight excluding hydrogens is 1070 g/mol. The van der Waals surface area contributed by atoms with E-state index in [0.717, 1.165) is 22.3 Å². The number of ether oxygens (including phenoxy) is 6. The molecule has 0 unspecified atom stereocenters. The van der Waals surface area contributed by atoms with Crippen molar-refractivity contribution in [1.82, 2.24) is 30.7 Å². The molecule has 0 radical (unpaired) electrons. The highest BCUT2D eigenvalue weighted by Crippen LogP contribution is 2.40. The average molecular weight is 1140 g/mol. The number of hydrogen-bond acceptors (Lipinski definition) is 14. The Bertz CT molecular complexity index is 2640. The second-order valence-corrected chi connectivity index (χ2v) is 21.7. The van der Waals surface area contributed by atoms with E-state index in [9.17, 15) is 36.0 Å². The van der Waals surface area contributed by atoms with Crippen LogP contribution >= 0.6 is 23.2 Å². The van der Waals surface area contributed by atoms with E-state index in [1.807, 2.05) is 0 Å². The van der Waals surface area contributed by atoms with Gasteiger partial charge < -0.3 is 61.2 Å². The zero-order chi connectivity index (χ0) is 54.5. The largest absolute Gasteiger partial charge is 0.486 e. The lowest BCUT2D eigenvalue weighted by Gasteiger charge is -2.16. The number of rotatable bonds is 33. The molecule has 0 saturated carbocycles. The molecule has 26 heteroatoms. The second kappa shape index (κ2) is 29.6. The number of primary amides is 2. The number of halogens is 2. The number of benzene rings is 4. The fourth-order valence-electron chi connectivity index (χ4n) is 8.28. The second-order valence-electron chi connectivity index (χ2n) is 17.3. The van der Waals surface area contributed by atoms with E-state index >= 15 is 0 Å². The van der Waals surface area contributed by atoms with E-state index < -0.39 is 31.9 Å². The minimum Gasteiger partial charge on any atom is -0.486 e. The number of urea groups is 2. The molecule has 6 amide bonds. The van der Waals surface area contributed by atoms with Gasteiger partial charge in [0.05, 0.1) is 62.6 Å². The van der Waals surface area contributed by atoms with Crippen molar-refractivity contribution in [3.05, 3.63) is 116 Å². The van der Waals surface area contributed by atoms with Gasteiger partial charge in [-0.3, -0.25) is 9.59 Å². The zero-order valence-electron chi connectivity index (χ0n) is 41.7. The molecule has 2 aliphatic carbocycles. The molecule has 0 aliphatic heterocycles. The average Bonchev–Trinajstić information content (AvgIpc) is 3.98. The Hall–Kier alpha value is -5.80. The van der Waals surface area contributed by atoms with Crippen LogP contribution in [0.25, 0.3) is 0 Å². The Morgan fingerprint density at radius 3 is 1.18 bits per heavy atom. The van der Waals surface area contributed by atoms with Crippen LogP contribution in [-0.4, -0.2) is 133 Å². The molecular formula is C50H64Cl2N8O14S2. The van der Waals surface area contributed by atoms with Crippen LogP contribution in [0.4, 0.5) is 9.59 Å². The zero-order valence-corrected chi connectivity index (χ0v) is 44.8. The Labute approximate surface area is 452 Å². The Balaban J connectivity index is 0.683. The number of nitrogens with one attached hydrogen (secondary N) is 6. The first-order valence-electron chi connectivity index (χ1n) is 24.6. The summed E-state index contributed by atoms with van der Waals surface area (Å²) in [6, 6.07) is 17.9. The first kappa shape index (κ1) is 59.4. The van der Waals surface area contributed by atoms with E-state index in [-0.39, 0.29) is 113 Å². The summed E-state index contributed by atoms with van der Waals surface area (Å²) in [5.74, 6) is -0.185. The van der Waals surface area contributed by atoms with Crippen molar-refractivity contribution < 1.29 is 64.4 Å². The monoisotopic (exact) mass is 1130 g/mol. The van der Waals surface area contributed by atoms with Crippen LogP contribution in [0.15, 0.2) is 82.6 Å². The number of nitrogens with two attached hydrogens (primary N) is 2. The Morgan fingerprint density at radius 2 is 0.829 bits per heavy atom. The number of unbranched alkanes of at least 4 members (excludes halogenated alkanes) is 1. The highest BCUT2D eigenvalue weighted by molar-refractivity contribution is 7.89. The van der Waals surface area contributed by atoms with Crippen LogP contribution in [0.2, 0.25) is 10.0 Å². The highest BCUT2D eigenvalue weighted by atomic mass is 35.5. The normalized spacial score (nSPS) is 14.9. The van der Waals surface area contributed by atoms with Gasteiger partial charge in [-0.2, -0.15) is 0 Å². The lowest BCUT2D eigenvalue weighted by Crippen LogP contribution is -2.39. The minimum absolute atomic E-state index is 0.0424. The molecule has 22 nitrogen and oxygen atoms in total. The molecule has 414 valence electrons. The molecule has 4 aromatic rings. The SMILES string of the molecule is NC(=O)c1cc(Cl)cc2c1CC[C@H]2Oc1ccc(S(=O)(=O)NCCOCCOCCNC(=O)NCCCCNC(=O)NCCOCCOCCNS(=O)(=O)c2ccc(O[C@@H]3CCc4c(C(N)=O)cc(Cl)cc43)cc2)cc1. The van der Waals surface area contributed by atoms with Gasteiger partial charge in [-0.15, -0.1) is 0 Å². The Morgan fingerprint density at radius 1 is 0.487 bits per heavy atom. The molecule has 2 aliphatic rings. The van der Waals surface area contributed by atoms with Crippen LogP contribution in [0.1, 0.15) is 80.9 Å². The van der Waals surface area contributed by atoms with E-state index in [1.54, 1.807) is 48.5 Å². The van der Waals surface area contributed by atoms with Crippen LogP contribution in [-0.2, 0) is 51.8 Å². The van der Waals surface area contributed by atoms with Crippen molar-refractivity contribution in [1.29, 1.82) is 0 Å². The summed E-state index contributed by atoms with van der Waals surface area (Å²) in [5, 5.41) is 11.6. The fraction of sp³-hybridized carbons (Fsp3) is 0.440. The smallest absolute Gasteiger partial charge is 0.314 e. The van der Waals surface area contributed by atoms with Crippen molar-refractivity contribution in [2.45, 2.75) is 60.5 Å². The van der Waals surface area contributed by atoms with Gasteiger partial charge >= 0.3 is 12.1 Å².